The van der Waals surface area contributed by atoms with Crippen LogP contribution in [0, 0.1) is 12.8 Å². The van der Waals surface area contributed by atoms with Crippen LogP contribution < -0.4 is 10.6 Å². The molecule has 7 nitrogen and oxygen atoms in total. The lowest BCUT2D eigenvalue weighted by atomic mass is 9.95. The van der Waals surface area contributed by atoms with Crippen molar-refractivity contribution in [3.8, 4) is 10.7 Å². The van der Waals surface area contributed by atoms with E-state index in [9.17, 15) is 0 Å². The first-order valence-electron chi connectivity index (χ1n) is 6.37. The molecule has 2 aromatic heterocycles. The van der Waals surface area contributed by atoms with Crippen LogP contribution in [0.2, 0.25) is 0 Å². The first kappa shape index (κ1) is 12.5. The monoisotopic (exact) mass is 279 g/mol. The smallest absolute Gasteiger partial charge is 0.245 e. The van der Waals surface area contributed by atoms with Gasteiger partial charge in [0.05, 0.1) is 5.69 Å². The van der Waals surface area contributed by atoms with Gasteiger partial charge >= 0.3 is 0 Å². The molecule has 102 valence electrons. The summed E-state index contributed by atoms with van der Waals surface area (Å²) >= 11 is 1.33. The number of nitrogens with two attached hydrogens (primary N) is 1. The zero-order valence-corrected chi connectivity index (χ0v) is 11.8. The summed E-state index contributed by atoms with van der Waals surface area (Å²) < 4.78 is 3.91. The van der Waals surface area contributed by atoms with Gasteiger partial charge in [-0.3, -0.25) is 5.10 Å². The normalized spacial score (nSPS) is 23.8. The average Bonchev–Trinajstić information content (AvgIpc) is 3.01. The second kappa shape index (κ2) is 4.86. The summed E-state index contributed by atoms with van der Waals surface area (Å²) in [5.41, 5.74) is 6.98. The van der Waals surface area contributed by atoms with Crippen LogP contribution in [0.15, 0.2) is 0 Å². The Hall–Kier alpha value is -1.54. The summed E-state index contributed by atoms with van der Waals surface area (Å²) in [5.74, 6) is 2.00. The Morgan fingerprint density at radius 3 is 3.00 bits per heavy atom. The molecule has 2 atom stereocenters. The Bertz CT molecular complexity index is 563. The lowest BCUT2D eigenvalue weighted by Crippen LogP contribution is -2.48. The van der Waals surface area contributed by atoms with Gasteiger partial charge in [-0.2, -0.15) is 4.98 Å². The Morgan fingerprint density at radius 2 is 2.32 bits per heavy atom. The van der Waals surface area contributed by atoms with E-state index in [1.54, 1.807) is 0 Å². The van der Waals surface area contributed by atoms with Crippen molar-refractivity contribution in [3.05, 3.63) is 5.69 Å². The van der Waals surface area contributed by atoms with E-state index in [0.29, 0.717) is 11.9 Å². The fourth-order valence-corrected chi connectivity index (χ4v) is 2.82. The summed E-state index contributed by atoms with van der Waals surface area (Å²) in [7, 11) is 0. The van der Waals surface area contributed by atoms with Crippen LogP contribution in [-0.4, -0.2) is 43.9 Å². The van der Waals surface area contributed by atoms with Gasteiger partial charge in [-0.05, 0) is 30.8 Å². The van der Waals surface area contributed by atoms with Gasteiger partial charge < -0.3 is 10.6 Å². The van der Waals surface area contributed by atoms with Crippen molar-refractivity contribution in [1.29, 1.82) is 0 Å². The number of hydrogen-bond acceptors (Lipinski definition) is 7. The molecular weight excluding hydrogens is 262 g/mol. The predicted octanol–water partition coefficient (Wildman–Crippen LogP) is 0.805. The highest BCUT2D eigenvalue weighted by molar-refractivity contribution is 7.09. The first-order chi connectivity index (χ1) is 9.15. The average molecular weight is 279 g/mol. The van der Waals surface area contributed by atoms with Gasteiger partial charge in [-0.15, -0.1) is 10.2 Å². The molecule has 0 saturated carbocycles. The van der Waals surface area contributed by atoms with E-state index in [0.717, 1.165) is 35.9 Å². The Labute approximate surface area is 115 Å². The maximum absolute atomic E-state index is 6.11. The number of aromatic amines is 1. The molecule has 1 saturated heterocycles. The molecule has 0 spiro atoms. The summed E-state index contributed by atoms with van der Waals surface area (Å²) in [6, 6.07) is 0.183. The summed E-state index contributed by atoms with van der Waals surface area (Å²) in [6.45, 7) is 5.86. The second-order valence-electron chi connectivity index (χ2n) is 5.05. The van der Waals surface area contributed by atoms with Gasteiger partial charge in [-0.25, -0.2) is 0 Å². The van der Waals surface area contributed by atoms with Gasteiger partial charge in [0, 0.05) is 19.1 Å². The first-order valence-corrected chi connectivity index (χ1v) is 7.14. The van der Waals surface area contributed by atoms with E-state index in [-0.39, 0.29) is 6.04 Å². The topological polar surface area (TPSA) is 96.6 Å². The van der Waals surface area contributed by atoms with Crippen molar-refractivity contribution < 1.29 is 0 Å². The third-order valence-electron chi connectivity index (χ3n) is 3.64. The number of piperidine rings is 1. The highest BCUT2D eigenvalue weighted by atomic mass is 32.1. The minimum Gasteiger partial charge on any atom is -0.338 e. The lowest BCUT2D eigenvalue weighted by Gasteiger charge is -2.34. The minimum absolute atomic E-state index is 0.183. The number of aromatic nitrogens is 5. The molecule has 2 aromatic rings. The second-order valence-corrected chi connectivity index (χ2v) is 5.80. The van der Waals surface area contributed by atoms with Crippen molar-refractivity contribution in [2.75, 3.05) is 18.0 Å². The Balaban J connectivity index is 1.80. The van der Waals surface area contributed by atoms with Crippen LogP contribution >= 0.6 is 11.5 Å². The summed E-state index contributed by atoms with van der Waals surface area (Å²) in [6.07, 6.45) is 1.08. The van der Waals surface area contributed by atoms with E-state index in [1.807, 2.05) is 6.92 Å². The van der Waals surface area contributed by atoms with E-state index in [4.69, 9.17) is 5.73 Å². The summed E-state index contributed by atoms with van der Waals surface area (Å²) in [4.78, 5) is 7.60. The molecule has 2 unspecified atom stereocenters. The van der Waals surface area contributed by atoms with Crippen LogP contribution in [0.4, 0.5) is 5.95 Å². The zero-order valence-electron chi connectivity index (χ0n) is 11.0. The van der Waals surface area contributed by atoms with E-state index < -0.39 is 0 Å². The van der Waals surface area contributed by atoms with Crippen molar-refractivity contribution in [1.82, 2.24) is 24.8 Å². The third-order valence-corrected chi connectivity index (χ3v) is 4.47. The number of aryl methyl sites for hydroxylation is 1. The van der Waals surface area contributed by atoms with Crippen LogP contribution in [0.1, 0.15) is 19.0 Å². The molecule has 19 heavy (non-hydrogen) atoms. The van der Waals surface area contributed by atoms with E-state index in [2.05, 4.69) is 36.6 Å². The fourth-order valence-electron chi connectivity index (χ4n) is 2.23. The fraction of sp³-hybridized carbons (Fsp3) is 0.636. The molecule has 3 rings (SSSR count). The van der Waals surface area contributed by atoms with Crippen molar-refractivity contribution >= 4 is 17.5 Å². The maximum atomic E-state index is 6.11. The molecular formula is C11H17N7S. The molecule has 0 aromatic carbocycles. The molecule has 3 heterocycles. The number of rotatable bonds is 2. The van der Waals surface area contributed by atoms with Gasteiger partial charge in [0.25, 0.3) is 0 Å². The molecule has 1 aliphatic heterocycles. The Kier molecular flexibility index (Phi) is 3.19. The highest BCUT2D eigenvalue weighted by Gasteiger charge is 2.25. The standard InChI is InChI=1S/C11H17N7S/c1-6-3-4-18(5-8(6)12)11-13-10(15-16-11)9-7(2)14-17-19-9/h6,8H,3-5,12H2,1-2H3,(H,13,15,16). The molecule has 0 aliphatic carbocycles. The molecule has 8 heteroatoms. The molecule has 0 amide bonds. The molecule has 1 fully saturated rings. The van der Waals surface area contributed by atoms with Crippen LogP contribution in [-0.2, 0) is 0 Å². The van der Waals surface area contributed by atoms with Crippen molar-refractivity contribution in [2.24, 2.45) is 11.7 Å². The summed E-state index contributed by atoms with van der Waals surface area (Å²) in [5, 5.41) is 11.2. The van der Waals surface area contributed by atoms with Gasteiger partial charge in [-0.1, -0.05) is 11.4 Å². The SMILES string of the molecule is Cc1nnsc1-c1nc(N2CCC(C)C(N)C2)n[nH]1. The zero-order chi connectivity index (χ0) is 13.4. The predicted molar refractivity (Wildman–Crippen MR) is 74.0 cm³/mol. The molecule has 0 bridgehead atoms. The van der Waals surface area contributed by atoms with E-state index in [1.165, 1.54) is 11.5 Å². The lowest BCUT2D eigenvalue weighted by molar-refractivity contribution is 0.376. The van der Waals surface area contributed by atoms with E-state index >= 15 is 0 Å². The van der Waals surface area contributed by atoms with Gasteiger partial charge in [0.15, 0.2) is 5.82 Å². The number of H-pyrrole nitrogens is 1. The third kappa shape index (κ3) is 2.33. The van der Waals surface area contributed by atoms with Crippen LogP contribution in [0.3, 0.4) is 0 Å². The Morgan fingerprint density at radius 1 is 1.47 bits per heavy atom. The molecule has 0 radical (unpaired) electrons. The number of nitrogens with zero attached hydrogens (tertiary/aromatic N) is 5. The highest BCUT2D eigenvalue weighted by Crippen LogP contribution is 2.25. The van der Waals surface area contributed by atoms with Crippen LogP contribution in [0.5, 0.6) is 0 Å². The maximum Gasteiger partial charge on any atom is 0.245 e. The number of anilines is 1. The van der Waals surface area contributed by atoms with Crippen LogP contribution in [0.25, 0.3) is 10.7 Å². The van der Waals surface area contributed by atoms with Crippen molar-refractivity contribution in [3.63, 3.8) is 0 Å². The quantitative estimate of drug-likeness (QED) is 0.844. The van der Waals surface area contributed by atoms with Crippen molar-refractivity contribution in [2.45, 2.75) is 26.3 Å². The molecule has 3 N–H and O–H groups in total. The van der Waals surface area contributed by atoms with Gasteiger partial charge in [0.2, 0.25) is 5.95 Å². The largest absolute Gasteiger partial charge is 0.338 e. The molecule has 1 aliphatic rings. The minimum atomic E-state index is 0.183. The number of hydrogen-bond donors (Lipinski definition) is 2. The number of nitrogens with one attached hydrogen (secondary N) is 1. The van der Waals surface area contributed by atoms with Gasteiger partial charge in [0.1, 0.15) is 4.88 Å².